The minimum absolute atomic E-state index is 0.299. The average molecular weight is 209 g/mol. The summed E-state index contributed by atoms with van der Waals surface area (Å²) in [5, 5.41) is 7.65. The van der Waals surface area contributed by atoms with Gasteiger partial charge in [0.1, 0.15) is 6.10 Å². The van der Waals surface area contributed by atoms with Crippen LogP contribution in [0.15, 0.2) is 12.3 Å². The zero-order valence-corrected chi connectivity index (χ0v) is 9.44. The van der Waals surface area contributed by atoms with Crippen LogP contribution in [0.4, 0.5) is 0 Å². The van der Waals surface area contributed by atoms with Gasteiger partial charge in [-0.25, -0.2) is 0 Å². The minimum atomic E-state index is 0.299. The van der Waals surface area contributed by atoms with Crippen LogP contribution < -0.4 is 10.1 Å². The fourth-order valence-electron chi connectivity index (χ4n) is 1.78. The second-order valence-corrected chi connectivity index (χ2v) is 4.50. The van der Waals surface area contributed by atoms with Crippen molar-refractivity contribution in [2.45, 2.75) is 32.9 Å². The normalized spacial score (nSPS) is 21.1. The van der Waals surface area contributed by atoms with Crippen molar-refractivity contribution in [3.8, 4) is 5.88 Å². The molecule has 1 aliphatic rings. The monoisotopic (exact) mass is 209 g/mol. The van der Waals surface area contributed by atoms with Gasteiger partial charge in [-0.2, -0.15) is 0 Å². The molecule has 2 rings (SSSR count). The number of ether oxygens (including phenoxy) is 1. The largest absolute Gasteiger partial charge is 0.472 e. The Bertz CT molecular complexity index is 303. The van der Waals surface area contributed by atoms with E-state index >= 15 is 0 Å². The Hall–Kier alpha value is -1.03. The van der Waals surface area contributed by atoms with E-state index in [-0.39, 0.29) is 0 Å². The zero-order chi connectivity index (χ0) is 10.7. The molecule has 0 aliphatic carbocycles. The summed E-state index contributed by atoms with van der Waals surface area (Å²) in [4.78, 5) is 0. The Morgan fingerprint density at radius 3 is 3.20 bits per heavy atom. The molecule has 15 heavy (non-hydrogen) atoms. The Morgan fingerprint density at radius 1 is 1.67 bits per heavy atom. The van der Waals surface area contributed by atoms with Crippen molar-refractivity contribution in [2.75, 3.05) is 13.1 Å². The highest BCUT2D eigenvalue weighted by molar-refractivity contribution is 5.06. The van der Waals surface area contributed by atoms with Crippen LogP contribution >= 0.6 is 0 Å². The third kappa shape index (κ3) is 2.96. The molecule has 0 amide bonds. The summed E-state index contributed by atoms with van der Waals surface area (Å²) in [6.45, 7) is 7.31. The summed E-state index contributed by atoms with van der Waals surface area (Å²) in [6.07, 6.45) is 3.36. The lowest BCUT2D eigenvalue weighted by atomic mass is 10.2. The van der Waals surface area contributed by atoms with Gasteiger partial charge in [-0.15, -0.1) is 5.10 Å². The second kappa shape index (κ2) is 4.66. The first kappa shape index (κ1) is 10.5. The molecule has 0 saturated carbocycles. The van der Waals surface area contributed by atoms with Gasteiger partial charge in [-0.3, -0.25) is 4.68 Å². The molecule has 1 saturated heterocycles. The second-order valence-electron chi connectivity index (χ2n) is 4.50. The summed E-state index contributed by atoms with van der Waals surface area (Å²) in [6, 6.07) is 1.95. The summed E-state index contributed by atoms with van der Waals surface area (Å²) >= 11 is 0. The molecule has 4 heteroatoms. The molecule has 2 heterocycles. The van der Waals surface area contributed by atoms with Gasteiger partial charge in [0.15, 0.2) is 0 Å². The molecule has 4 nitrogen and oxygen atoms in total. The average Bonchev–Trinajstić information content (AvgIpc) is 2.77. The molecular weight excluding hydrogens is 190 g/mol. The van der Waals surface area contributed by atoms with Gasteiger partial charge in [-0.05, 0) is 18.9 Å². The van der Waals surface area contributed by atoms with E-state index in [4.69, 9.17) is 4.74 Å². The Labute approximate surface area is 90.6 Å². The lowest BCUT2D eigenvalue weighted by molar-refractivity contribution is 0.211. The molecule has 1 unspecified atom stereocenters. The zero-order valence-electron chi connectivity index (χ0n) is 9.44. The molecular formula is C11H19N3O. The first-order valence-corrected chi connectivity index (χ1v) is 5.65. The molecule has 1 N–H and O–H groups in total. The van der Waals surface area contributed by atoms with Crippen LogP contribution in [0.3, 0.4) is 0 Å². The third-order valence-electron chi connectivity index (χ3n) is 2.47. The summed E-state index contributed by atoms with van der Waals surface area (Å²) < 4.78 is 7.69. The van der Waals surface area contributed by atoms with Crippen molar-refractivity contribution in [1.82, 2.24) is 15.1 Å². The lowest BCUT2D eigenvalue weighted by Gasteiger charge is -2.09. The smallest absolute Gasteiger partial charge is 0.233 e. The van der Waals surface area contributed by atoms with Crippen molar-refractivity contribution in [3.63, 3.8) is 0 Å². The van der Waals surface area contributed by atoms with Crippen LogP contribution in [0.1, 0.15) is 20.3 Å². The topological polar surface area (TPSA) is 39.1 Å². The standard InChI is InChI=1S/C11H19N3O/c1-9(2)8-14-6-4-11(13-14)15-10-3-5-12-7-10/h4,6,9-10,12H,3,5,7-8H2,1-2H3. The fraction of sp³-hybridized carbons (Fsp3) is 0.727. The van der Waals surface area contributed by atoms with Crippen LogP contribution in [0.2, 0.25) is 0 Å². The van der Waals surface area contributed by atoms with Crippen LogP contribution in [0, 0.1) is 5.92 Å². The van der Waals surface area contributed by atoms with Gasteiger partial charge in [0.2, 0.25) is 5.88 Å². The van der Waals surface area contributed by atoms with Crippen LogP contribution in [-0.4, -0.2) is 29.0 Å². The summed E-state index contributed by atoms with van der Waals surface area (Å²) in [5.74, 6) is 1.37. The van der Waals surface area contributed by atoms with Gasteiger partial charge in [0.05, 0.1) is 0 Å². The number of nitrogens with zero attached hydrogens (tertiary/aromatic N) is 2. The molecule has 1 atom stereocenters. The first-order chi connectivity index (χ1) is 7.24. The maximum absolute atomic E-state index is 5.74. The SMILES string of the molecule is CC(C)Cn1ccc(OC2CCNC2)n1. The van der Waals surface area contributed by atoms with Crippen molar-refractivity contribution < 1.29 is 4.74 Å². The number of hydrogen-bond acceptors (Lipinski definition) is 3. The van der Waals surface area contributed by atoms with E-state index in [0.29, 0.717) is 12.0 Å². The van der Waals surface area contributed by atoms with E-state index in [0.717, 1.165) is 31.9 Å². The highest BCUT2D eigenvalue weighted by Crippen LogP contribution is 2.12. The van der Waals surface area contributed by atoms with Crippen LogP contribution in [-0.2, 0) is 6.54 Å². The van der Waals surface area contributed by atoms with Crippen molar-refractivity contribution in [3.05, 3.63) is 12.3 Å². The molecule has 84 valence electrons. The first-order valence-electron chi connectivity index (χ1n) is 5.65. The fourth-order valence-corrected chi connectivity index (χ4v) is 1.78. The van der Waals surface area contributed by atoms with Gasteiger partial charge in [0, 0.05) is 25.4 Å². The molecule has 0 bridgehead atoms. The van der Waals surface area contributed by atoms with E-state index in [1.807, 2.05) is 16.9 Å². The van der Waals surface area contributed by atoms with Gasteiger partial charge in [-0.1, -0.05) is 13.8 Å². The predicted octanol–water partition coefficient (Wildman–Crippen LogP) is 1.28. The maximum Gasteiger partial charge on any atom is 0.233 e. The molecule has 0 aromatic carbocycles. The summed E-state index contributed by atoms with van der Waals surface area (Å²) in [5.41, 5.74) is 0. The van der Waals surface area contributed by atoms with E-state index in [9.17, 15) is 0 Å². The Balaban J connectivity index is 1.88. The minimum Gasteiger partial charge on any atom is -0.472 e. The quantitative estimate of drug-likeness (QED) is 0.812. The van der Waals surface area contributed by atoms with Crippen molar-refractivity contribution in [1.29, 1.82) is 0 Å². The van der Waals surface area contributed by atoms with Crippen molar-refractivity contribution in [2.24, 2.45) is 5.92 Å². The highest BCUT2D eigenvalue weighted by Gasteiger charge is 2.16. The molecule has 0 spiro atoms. The van der Waals surface area contributed by atoms with Crippen LogP contribution in [0.5, 0.6) is 5.88 Å². The number of aromatic nitrogens is 2. The molecule has 1 aliphatic heterocycles. The van der Waals surface area contributed by atoms with E-state index in [1.165, 1.54) is 0 Å². The van der Waals surface area contributed by atoms with Gasteiger partial charge < -0.3 is 10.1 Å². The Kier molecular flexibility index (Phi) is 3.26. The van der Waals surface area contributed by atoms with E-state index in [1.54, 1.807) is 0 Å². The number of hydrogen-bond donors (Lipinski definition) is 1. The maximum atomic E-state index is 5.74. The van der Waals surface area contributed by atoms with E-state index < -0.39 is 0 Å². The van der Waals surface area contributed by atoms with Crippen molar-refractivity contribution >= 4 is 0 Å². The highest BCUT2D eigenvalue weighted by atomic mass is 16.5. The summed E-state index contributed by atoms with van der Waals surface area (Å²) in [7, 11) is 0. The third-order valence-corrected chi connectivity index (χ3v) is 2.47. The molecule has 1 fully saturated rings. The molecule has 0 radical (unpaired) electrons. The van der Waals surface area contributed by atoms with Gasteiger partial charge >= 0.3 is 0 Å². The number of nitrogens with one attached hydrogen (secondary N) is 1. The Morgan fingerprint density at radius 2 is 2.53 bits per heavy atom. The predicted molar refractivity (Wildman–Crippen MR) is 59.0 cm³/mol. The lowest BCUT2D eigenvalue weighted by Crippen LogP contribution is -2.19. The molecule has 1 aromatic heterocycles. The van der Waals surface area contributed by atoms with E-state index in [2.05, 4.69) is 24.3 Å². The number of rotatable bonds is 4. The van der Waals surface area contributed by atoms with Gasteiger partial charge in [0.25, 0.3) is 0 Å². The molecule has 1 aromatic rings. The van der Waals surface area contributed by atoms with Crippen LogP contribution in [0.25, 0.3) is 0 Å².